The fraction of sp³-hybridized carbons (Fsp3) is 0.250. The smallest absolute Gasteiger partial charge is 0.243 e. The van der Waals surface area contributed by atoms with Gasteiger partial charge in [-0.25, -0.2) is 8.42 Å². The fourth-order valence-electron chi connectivity index (χ4n) is 3.22. The van der Waals surface area contributed by atoms with E-state index in [9.17, 15) is 13.2 Å². The molecule has 1 aromatic heterocycles. The summed E-state index contributed by atoms with van der Waals surface area (Å²) in [4.78, 5) is 13.8. The maximum absolute atomic E-state index is 12.8. The highest BCUT2D eigenvalue weighted by molar-refractivity contribution is 7.89. The highest BCUT2D eigenvalue weighted by atomic mass is 32.2. The van der Waals surface area contributed by atoms with Gasteiger partial charge >= 0.3 is 0 Å². The van der Waals surface area contributed by atoms with Crippen LogP contribution in [0.15, 0.2) is 70.9 Å². The van der Waals surface area contributed by atoms with Crippen molar-refractivity contribution in [2.75, 3.05) is 13.6 Å². The summed E-state index contributed by atoms with van der Waals surface area (Å²) in [6.07, 6.45) is 0. The molecule has 0 bridgehead atoms. The average molecular weight is 468 g/mol. The zero-order valence-corrected chi connectivity index (χ0v) is 19.8. The number of likely N-dealkylation sites (N-methyl/N-ethyl adjacent to an activating group) is 1. The number of rotatable bonds is 8. The number of nitrogens with zero attached hydrogens (tertiary/aromatic N) is 2. The van der Waals surface area contributed by atoms with Crippen LogP contribution in [0.3, 0.4) is 0 Å². The average Bonchev–Trinajstić information content (AvgIpc) is 3.32. The van der Waals surface area contributed by atoms with Crippen molar-refractivity contribution in [3.8, 4) is 6.07 Å². The zero-order valence-electron chi connectivity index (χ0n) is 18.1. The van der Waals surface area contributed by atoms with Crippen LogP contribution in [-0.4, -0.2) is 32.2 Å². The summed E-state index contributed by atoms with van der Waals surface area (Å²) in [7, 11) is -2.50. The van der Waals surface area contributed by atoms with Gasteiger partial charge < -0.3 is 5.32 Å². The van der Waals surface area contributed by atoms with Gasteiger partial charge in [-0.3, -0.25) is 4.79 Å². The first-order valence-corrected chi connectivity index (χ1v) is 12.4. The quantitative estimate of drug-likeness (QED) is 0.536. The molecule has 0 fully saturated rings. The number of hydrogen-bond acceptors (Lipinski definition) is 5. The summed E-state index contributed by atoms with van der Waals surface area (Å²) in [5.41, 5.74) is 2.51. The van der Waals surface area contributed by atoms with E-state index < -0.39 is 15.9 Å². The molecule has 166 valence electrons. The van der Waals surface area contributed by atoms with Crippen molar-refractivity contribution in [2.24, 2.45) is 0 Å². The second-order valence-electron chi connectivity index (χ2n) is 7.73. The third kappa shape index (κ3) is 5.43. The molecule has 1 N–H and O–H groups in total. The number of carbonyl (C=O) groups excluding carboxylic acids is 1. The van der Waals surface area contributed by atoms with E-state index >= 15 is 0 Å². The van der Waals surface area contributed by atoms with Gasteiger partial charge in [0.1, 0.15) is 0 Å². The largest absolute Gasteiger partial charge is 0.343 e. The highest BCUT2D eigenvalue weighted by Crippen LogP contribution is 2.27. The molecule has 0 saturated carbocycles. The molecule has 1 amide bonds. The van der Waals surface area contributed by atoms with Crippen LogP contribution in [0.4, 0.5) is 0 Å². The van der Waals surface area contributed by atoms with Gasteiger partial charge in [-0.1, -0.05) is 44.2 Å². The van der Waals surface area contributed by atoms with Crippen molar-refractivity contribution in [2.45, 2.75) is 30.7 Å². The number of carbonyl (C=O) groups is 1. The first-order valence-electron chi connectivity index (χ1n) is 10.1. The Balaban J connectivity index is 1.77. The van der Waals surface area contributed by atoms with E-state index in [0.29, 0.717) is 11.5 Å². The van der Waals surface area contributed by atoms with E-state index in [-0.39, 0.29) is 17.5 Å². The lowest BCUT2D eigenvalue weighted by atomic mass is 9.98. The molecular formula is C24H25N3O3S2. The number of sulfonamides is 1. The molecule has 1 unspecified atom stereocenters. The lowest BCUT2D eigenvalue weighted by molar-refractivity contribution is -0.121. The van der Waals surface area contributed by atoms with E-state index in [0.717, 1.165) is 14.7 Å². The van der Waals surface area contributed by atoms with Crippen molar-refractivity contribution < 1.29 is 13.2 Å². The van der Waals surface area contributed by atoms with Crippen LogP contribution in [-0.2, 0) is 14.8 Å². The topological polar surface area (TPSA) is 90.3 Å². The molecule has 3 rings (SSSR count). The maximum Gasteiger partial charge on any atom is 0.243 e. The maximum atomic E-state index is 12.8. The van der Waals surface area contributed by atoms with E-state index in [2.05, 4.69) is 19.2 Å². The van der Waals surface area contributed by atoms with Gasteiger partial charge in [-0.05, 0) is 52.8 Å². The van der Waals surface area contributed by atoms with E-state index in [1.165, 1.54) is 48.2 Å². The molecule has 3 aromatic rings. The molecule has 6 nitrogen and oxygen atoms in total. The first kappa shape index (κ1) is 23.7. The first-order chi connectivity index (χ1) is 15.2. The van der Waals surface area contributed by atoms with Gasteiger partial charge in [0.25, 0.3) is 0 Å². The lowest BCUT2D eigenvalue weighted by Crippen LogP contribution is -2.40. The molecule has 0 radical (unpaired) electrons. The highest BCUT2D eigenvalue weighted by Gasteiger charge is 2.25. The summed E-state index contributed by atoms with van der Waals surface area (Å²) >= 11 is 1.53. The van der Waals surface area contributed by atoms with Gasteiger partial charge in [0.2, 0.25) is 15.9 Å². The normalized spacial score (nSPS) is 12.5. The van der Waals surface area contributed by atoms with Crippen molar-refractivity contribution in [1.82, 2.24) is 9.62 Å². The molecule has 8 heteroatoms. The molecule has 2 aromatic carbocycles. The van der Waals surface area contributed by atoms with E-state index in [1.807, 2.05) is 47.8 Å². The molecule has 1 atom stereocenters. The number of nitriles is 1. The van der Waals surface area contributed by atoms with Crippen LogP contribution < -0.4 is 5.32 Å². The number of thiophene rings is 1. The summed E-state index contributed by atoms with van der Waals surface area (Å²) in [6.45, 7) is 3.92. The Hall–Kier alpha value is -2.99. The van der Waals surface area contributed by atoms with Gasteiger partial charge in [-0.15, -0.1) is 11.3 Å². The Morgan fingerprint density at radius 2 is 1.69 bits per heavy atom. The number of nitrogens with one attached hydrogen (secondary N) is 1. The zero-order chi connectivity index (χ0) is 23.3. The van der Waals surface area contributed by atoms with Crippen molar-refractivity contribution in [3.63, 3.8) is 0 Å². The van der Waals surface area contributed by atoms with Gasteiger partial charge in [-0.2, -0.15) is 9.57 Å². The summed E-state index contributed by atoms with van der Waals surface area (Å²) in [5.74, 6) is -0.00373. The van der Waals surface area contributed by atoms with Crippen molar-refractivity contribution in [3.05, 3.63) is 87.6 Å². The Kier molecular flexibility index (Phi) is 7.46. The van der Waals surface area contributed by atoms with Crippen LogP contribution in [0.1, 0.15) is 47.4 Å². The second kappa shape index (κ2) is 10.1. The van der Waals surface area contributed by atoms with Crippen LogP contribution in [0.25, 0.3) is 0 Å². The predicted octanol–water partition coefficient (Wildman–Crippen LogP) is 4.27. The predicted molar refractivity (Wildman–Crippen MR) is 126 cm³/mol. The number of amides is 1. The molecule has 32 heavy (non-hydrogen) atoms. The minimum Gasteiger partial charge on any atom is -0.343 e. The van der Waals surface area contributed by atoms with Crippen molar-refractivity contribution >= 4 is 27.3 Å². The van der Waals surface area contributed by atoms with E-state index in [4.69, 9.17) is 5.26 Å². The second-order valence-corrected chi connectivity index (χ2v) is 10.8. The standard InChI is InChI=1S/C24H25N3O3S2/c1-17(2)19-8-10-20(11-9-19)24(22-5-4-14-31-22)26-23(28)16-27(3)32(29,30)21-12-6-18(15-25)7-13-21/h4-14,17,24H,16H2,1-3H3,(H,26,28). The Morgan fingerprint density at radius 1 is 1.06 bits per heavy atom. The van der Waals surface area contributed by atoms with Crippen LogP contribution in [0.2, 0.25) is 0 Å². The summed E-state index contributed by atoms with van der Waals surface area (Å²) in [5, 5.41) is 13.8. The Morgan fingerprint density at radius 3 is 2.22 bits per heavy atom. The third-order valence-electron chi connectivity index (χ3n) is 5.13. The van der Waals surface area contributed by atoms with Gasteiger partial charge in [0.05, 0.1) is 29.1 Å². The monoisotopic (exact) mass is 467 g/mol. The van der Waals surface area contributed by atoms with Gasteiger partial charge in [0, 0.05) is 11.9 Å². The summed E-state index contributed by atoms with van der Waals surface area (Å²) in [6, 6.07) is 19.2. The van der Waals surface area contributed by atoms with Crippen LogP contribution in [0, 0.1) is 11.3 Å². The molecule has 0 saturated heterocycles. The summed E-state index contributed by atoms with van der Waals surface area (Å²) < 4.78 is 26.6. The molecule has 0 aliphatic heterocycles. The molecule has 0 aliphatic carbocycles. The van der Waals surface area contributed by atoms with E-state index in [1.54, 1.807) is 0 Å². The Bertz CT molecular complexity index is 1190. The number of hydrogen-bond donors (Lipinski definition) is 1. The minimum atomic E-state index is -3.86. The SMILES string of the molecule is CC(C)c1ccc(C(NC(=O)CN(C)S(=O)(=O)c2ccc(C#N)cc2)c2cccs2)cc1. The van der Waals surface area contributed by atoms with Crippen molar-refractivity contribution in [1.29, 1.82) is 5.26 Å². The Labute approximate surface area is 193 Å². The van der Waals surface area contributed by atoms with Crippen LogP contribution >= 0.6 is 11.3 Å². The molecule has 0 spiro atoms. The molecule has 0 aliphatic rings. The van der Waals surface area contributed by atoms with Crippen LogP contribution in [0.5, 0.6) is 0 Å². The number of benzene rings is 2. The minimum absolute atomic E-state index is 0.0332. The fourth-order valence-corrected chi connectivity index (χ4v) is 5.15. The molecular weight excluding hydrogens is 442 g/mol. The third-order valence-corrected chi connectivity index (χ3v) is 7.88. The molecule has 1 heterocycles. The lowest BCUT2D eigenvalue weighted by Gasteiger charge is -2.22. The van der Waals surface area contributed by atoms with Gasteiger partial charge in [0.15, 0.2) is 0 Å².